The predicted molar refractivity (Wildman–Crippen MR) is 225 cm³/mol. The topological polar surface area (TPSA) is 75.8 Å². The molecule has 7 rings (SSSR count). The number of aryl methyl sites for hydroxylation is 1. The van der Waals surface area contributed by atoms with Crippen molar-refractivity contribution in [2.45, 2.75) is 39.8 Å². The fraction of sp³-hybridized carbons (Fsp3) is 0.304. The number of aromatic amines is 2. The standard InChI is InChI=1S/C46H54N6O2.2HI/c1-11-33-35-15-19-39(47-35)45(29-13-23-43(53-9)31(25-29)27-51(3,4)5)41-21-17-37(49-41)34(12-2)38-18-22-42(50-38)46(40-20-16-36(33)48-40)30-14-24-44(54-10)32(26-30)28-52(6,7)8;;/h13-26,47-48H,11-12,27-28H2,1-10H3;2*1H/q+2;;/p-2. The van der Waals surface area contributed by atoms with Crippen molar-refractivity contribution < 1.29 is 66.4 Å². The molecule has 8 bridgehead atoms. The number of nitrogens with one attached hydrogen (secondary N) is 2. The summed E-state index contributed by atoms with van der Waals surface area (Å²) in [5.74, 6) is 1.78. The first-order chi connectivity index (χ1) is 25.8. The Balaban J connectivity index is 0.00000300. The molecule has 2 aliphatic heterocycles. The van der Waals surface area contributed by atoms with Crippen molar-refractivity contribution in [3.8, 4) is 33.8 Å². The van der Waals surface area contributed by atoms with Gasteiger partial charge < -0.3 is 76.4 Å². The normalized spacial score (nSPS) is 12.3. The van der Waals surface area contributed by atoms with Gasteiger partial charge in [0.05, 0.1) is 79.3 Å². The number of halogens is 2. The Morgan fingerprint density at radius 3 is 1.23 bits per heavy atom. The monoisotopic (exact) mass is 976 g/mol. The lowest BCUT2D eigenvalue weighted by atomic mass is 10.00. The van der Waals surface area contributed by atoms with E-state index in [-0.39, 0.29) is 48.0 Å². The van der Waals surface area contributed by atoms with E-state index < -0.39 is 0 Å². The number of fused-ring (bicyclic) bond motifs is 8. The van der Waals surface area contributed by atoms with E-state index >= 15 is 0 Å². The van der Waals surface area contributed by atoms with Crippen molar-refractivity contribution in [3.63, 3.8) is 0 Å². The van der Waals surface area contributed by atoms with Crippen LogP contribution in [0.1, 0.15) is 58.9 Å². The van der Waals surface area contributed by atoms with Crippen LogP contribution in [0.25, 0.3) is 68.6 Å². The lowest BCUT2D eigenvalue weighted by molar-refractivity contribution is -0.884. The summed E-state index contributed by atoms with van der Waals surface area (Å²) in [6.45, 7) is 6.05. The van der Waals surface area contributed by atoms with Gasteiger partial charge in [-0.15, -0.1) is 0 Å². The second-order valence-electron chi connectivity index (χ2n) is 16.4. The highest BCUT2D eigenvalue weighted by atomic mass is 127. The molecule has 2 aliphatic rings. The molecular formula is C46H54I2N6O2. The van der Waals surface area contributed by atoms with E-state index in [0.717, 1.165) is 130 Å². The van der Waals surface area contributed by atoms with E-state index in [1.807, 2.05) is 0 Å². The zero-order valence-electron chi connectivity index (χ0n) is 34.3. The van der Waals surface area contributed by atoms with Crippen LogP contribution >= 0.6 is 0 Å². The molecule has 0 unspecified atom stereocenters. The van der Waals surface area contributed by atoms with Crippen LogP contribution in [0.5, 0.6) is 11.5 Å². The average Bonchev–Trinajstić information content (AvgIpc) is 3.95. The second-order valence-corrected chi connectivity index (χ2v) is 16.4. The van der Waals surface area contributed by atoms with Crippen LogP contribution in [0.4, 0.5) is 0 Å². The lowest BCUT2D eigenvalue weighted by Gasteiger charge is -2.25. The Labute approximate surface area is 365 Å². The summed E-state index contributed by atoms with van der Waals surface area (Å²) < 4.78 is 13.2. The Kier molecular flexibility index (Phi) is 13.3. The summed E-state index contributed by atoms with van der Waals surface area (Å²) in [7, 11) is 16.7. The van der Waals surface area contributed by atoms with Crippen molar-refractivity contribution in [1.29, 1.82) is 0 Å². The molecule has 0 radical (unpaired) electrons. The van der Waals surface area contributed by atoms with Crippen LogP contribution < -0.4 is 57.4 Å². The summed E-state index contributed by atoms with van der Waals surface area (Å²) in [6.07, 6.45) is 10.2. The predicted octanol–water partition coefficient (Wildman–Crippen LogP) is 3.55. The molecule has 0 atom stereocenters. The number of aromatic nitrogens is 4. The van der Waals surface area contributed by atoms with Gasteiger partial charge in [0.25, 0.3) is 0 Å². The molecule has 294 valence electrons. The summed E-state index contributed by atoms with van der Waals surface area (Å²) in [4.78, 5) is 18.4. The Morgan fingerprint density at radius 2 is 0.875 bits per heavy atom. The number of ether oxygens (including phenoxy) is 2. The third-order valence-electron chi connectivity index (χ3n) is 10.1. The molecule has 0 saturated heterocycles. The Bertz CT molecular complexity index is 2310. The van der Waals surface area contributed by atoms with Gasteiger partial charge in [0.2, 0.25) is 0 Å². The number of hydrogen-bond donors (Lipinski definition) is 2. The van der Waals surface area contributed by atoms with Crippen molar-refractivity contribution >= 4 is 46.4 Å². The van der Waals surface area contributed by atoms with E-state index in [1.54, 1.807) is 14.2 Å². The van der Waals surface area contributed by atoms with Crippen LogP contribution in [-0.2, 0) is 25.9 Å². The average molecular weight is 977 g/mol. The van der Waals surface area contributed by atoms with Crippen molar-refractivity contribution in [1.82, 2.24) is 19.9 Å². The first kappa shape index (κ1) is 43.1. The molecule has 0 saturated carbocycles. The summed E-state index contributed by atoms with van der Waals surface area (Å²) in [5, 5.41) is 0. The zero-order valence-corrected chi connectivity index (χ0v) is 38.6. The van der Waals surface area contributed by atoms with Crippen LogP contribution in [0.3, 0.4) is 0 Å². The largest absolute Gasteiger partial charge is 1.00 e. The van der Waals surface area contributed by atoms with E-state index in [0.29, 0.717) is 0 Å². The van der Waals surface area contributed by atoms with Crippen molar-refractivity contribution in [3.05, 3.63) is 106 Å². The van der Waals surface area contributed by atoms with Gasteiger partial charge in [-0.2, -0.15) is 0 Å². The Hall–Kier alpha value is -3.98. The van der Waals surface area contributed by atoms with Crippen LogP contribution in [0, 0.1) is 0 Å². The molecule has 5 aromatic rings. The minimum Gasteiger partial charge on any atom is -1.00 e. The third-order valence-corrected chi connectivity index (χ3v) is 10.1. The minimum atomic E-state index is 0. The number of H-pyrrole nitrogens is 2. The molecule has 5 heterocycles. The van der Waals surface area contributed by atoms with E-state index in [4.69, 9.17) is 19.4 Å². The highest BCUT2D eigenvalue weighted by molar-refractivity contribution is 5.94. The highest BCUT2D eigenvalue weighted by Gasteiger charge is 2.21. The number of nitrogens with zero attached hydrogens (tertiary/aromatic N) is 4. The molecule has 0 amide bonds. The van der Waals surface area contributed by atoms with E-state index in [1.165, 1.54) is 5.56 Å². The number of quaternary nitrogens is 2. The summed E-state index contributed by atoms with van der Waals surface area (Å²) in [5.41, 5.74) is 16.8. The lowest BCUT2D eigenvalue weighted by Crippen LogP contribution is -3.00. The smallest absolute Gasteiger partial charge is 0.127 e. The molecule has 0 spiro atoms. The van der Waals surface area contributed by atoms with Crippen LogP contribution in [-0.4, -0.2) is 85.4 Å². The van der Waals surface area contributed by atoms with Gasteiger partial charge in [-0.1, -0.05) is 26.0 Å². The molecule has 2 N–H and O–H groups in total. The SMILES string of the molecule is CCc1c2nc(c(-c3ccc(OC)c(C[N+](C)(C)C)c3)c3ccc([nH]3)c(CC)c3ccc([nH]3)c(-c3ccc(OC)c(C[N+](C)(C)C)c3)c3nc1C=C3)C=C2.[I-].[I-]. The summed E-state index contributed by atoms with van der Waals surface area (Å²) in [6, 6.07) is 21.8. The van der Waals surface area contributed by atoms with E-state index in [9.17, 15) is 0 Å². The fourth-order valence-corrected chi connectivity index (χ4v) is 7.81. The molecule has 0 aliphatic carbocycles. The quantitative estimate of drug-likeness (QED) is 0.163. The first-order valence-corrected chi connectivity index (χ1v) is 18.9. The van der Waals surface area contributed by atoms with Crippen molar-refractivity contribution in [2.24, 2.45) is 0 Å². The van der Waals surface area contributed by atoms with E-state index in [2.05, 4.69) is 151 Å². The van der Waals surface area contributed by atoms with Gasteiger partial charge in [-0.05, 0) is 102 Å². The van der Waals surface area contributed by atoms with Gasteiger partial charge in [0.1, 0.15) is 24.6 Å². The number of methoxy groups -OCH3 is 2. The Morgan fingerprint density at radius 1 is 0.500 bits per heavy atom. The van der Waals surface area contributed by atoms with Gasteiger partial charge in [-0.3, -0.25) is 0 Å². The van der Waals surface area contributed by atoms with Gasteiger partial charge in [0.15, 0.2) is 0 Å². The maximum Gasteiger partial charge on any atom is 0.127 e. The molecule has 8 nitrogen and oxygen atoms in total. The van der Waals surface area contributed by atoms with Gasteiger partial charge >= 0.3 is 0 Å². The number of hydrogen-bond acceptors (Lipinski definition) is 4. The summed E-state index contributed by atoms with van der Waals surface area (Å²) >= 11 is 0. The fourth-order valence-electron chi connectivity index (χ4n) is 7.81. The minimum absolute atomic E-state index is 0. The first-order valence-electron chi connectivity index (χ1n) is 18.9. The highest BCUT2D eigenvalue weighted by Crippen LogP contribution is 2.37. The maximum absolute atomic E-state index is 5.84. The maximum atomic E-state index is 5.84. The molecule has 3 aromatic heterocycles. The molecule has 2 aromatic carbocycles. The van der Waals surface area contributed by atoms with Gasteiger partial charge in [-0.25, -0.2) is 9.97 Å². The number of rotatable bonds is 10. The van der Waals surface area contributed by atoms with Crippen molar-refractivity contribution in [2.75, 3.05) is 56.5 Å². The second kappa shape index (κ2) is 17.3. The van der Waals surface area contributed by atoms with Crippen LogP contribution in [0.15, 0.2) is 60.7 Å². The zero-order chi connectivity index (χ0) is 38.4. The molecule has 10 heteroatoms. The molecular weight excluding hydrogens is 922 g/mol. The number of benzene rings is 2. The molecule has 0 fully saturated rings. The third kappa shape index (κ3) is 8.93. The van der Waals surface area contributed by atoms with Gasteiger partial charge in [0, 0.05) is 49.9 Å². The van der Waals surface area contributed by atoms with Crippen LogP contribution in [0.2, 0.25) is 0 Å². The molecule has 56 heavy (non-hydrogen) atoms.